The van der Waals surface area contributed by atoms with Gasteiger partial charge in [0, 0.05) is 12.1 Å². The molecule has 2 atom stereocenters. The average molecular weight is 257 g/mol. The molecule has 1 saturated heterocycles. The number of halogens is 1. The maximum Gasteiger partial charge on any atom is 0.239 e. The van der Waals surface area contributed by atoms with Gasteiger partial charge < -0.3 is 5.32 Å². The molecule has 1 fully saturated rings. The smallest absolute Gasteiger partial charge is 0.239 e. The molecule has 0 aromatic rings. The number of nitrogens with one attached hydrogen (secondary N) is 1. The van der Waals surface area contributed by atoms with Gasteiger partial charge in [0.1, 0.15) is 6.54 Å². The number of rotatable bonds is 2. The molecular weight excluding hydrogens is 244 g/mol. The summed E-state index contributed by atoms with van der Waals surface area (Å²) in [5.74, 6) is -1.61. The van der Waals surface area contributed by atoms with Crippen molar-refractivity contribution in [2.24, 2.45) is 11.8 Å². The van der Waals surface area contributed by atoms with Crippen LogP contribution in [-0.2, 0) is 14.4 Å². The van der Waals surface area contributed by atoms with E-state index in [-0.39, 0.29) is 36.1 Å². The van der Waals surface area contributed by atoms with Gasteiger partial charge in [-0.1, -0.05) is 17.7 Å². The topological polar surface area (TPSA) is 66.5 Å². The first-order valence-electron chi connectivity index (χ1n) is 5.45. The summed E-state index contributed by atoms with van der Waals surface area (Å²) < 4.78 is 0. The lowest BCUT2D eigenvalue weighted by Crippen LogP contribution is -2.39. The van der Waals surface area contributed by atoms with Crippen molar-refractivity contribution in [2.45, 2.75) is 12.8 Å². The molecule has 1 aliphatic carbocycles. The molecule has 6 heteroatoms. The number of amides is 3. The molecular formula is C11H13ClN2O3. The summed E-state index contributed by atoms with van der Waals surface area (Å²) in [4.78, 5) is 36.2. The average Bonchev–Trinajstić information content (AvgIpc) is 2.54. The highest BCUT2D eigenvalue weighted by molar-refractivity contribution is 6.30. The third kappa shape index (κ3) is 2.07. The Hall–Kier alpha value is -1.36. The third-order valence-corrected chi connectivity index (χ3v) is 3.55. The molecule has 0 radical (unpaired) electrons. The maximum absolute atomic E-state index is 12.0. The van der Waals surface area contributed by atoms with E-state index in [1.54, 1.807) is 6.08 Å². The number of likely N-dealkylation sites (N-methyl/N-ethyl adjacent to an activating group) is 1. The first kappa shape index (κ1) is 12.1. The van der Waals surface area contributed by atoms with Crippen molar-refractivity contribution >= 4 is 29.3 Å². The van der Waals surface area contributed by atoms with E-state index in [0.717, 1.165) is 4.90 Å². The predicted molar refractivity (Wildman–Crippen MR) is 60.9 cm³/mol. The van der Waals surface area contributed by atoms with E-state index in [2.05, 4.69) is 5.32 Å². The number of hydrogen-bond donors (Lipinski definition) is 1. The Labute approximate surface area is 104 Å². The standard InChI is InChI=1S/C11H13ClN2O3/c1-13-9(15)5-14-10(16)7-3-2-6(12)4-8(7)11(14)17/h2,7-8H,3-5H2,1H3,(H,13,15). The minimum absolute atomic E-state index is 0.196. The first-order chi connectivity index (χ1) is 8.04. The van der Waals surface area contributed by atoms with Crippen LogP contribution >= 0.6 is 11.6 Å². The second kappa shape index (κ2) is 4.49. The van der Waals surface area contributed by atoms with Gasteiger partial charge in [0.15, 0.2) is 0 Å². The molecule has 3 amide bonds. The van der Waals surface area contributed by atoms with Gasteiger partial charge in [-0.05, 0) is 12.8 Å². The Balaban J connectivity index is 2.16. The fourth-order valence-electron chi connectivity index (χ4n) is 2.27. The zero-order chi connectivity index (χ0) is 12.6. The van der Waals surface area contributed by atoms with Crippen LogP contribution in [0.25, 0.3) is 0 Å². The molecule has 2 aliphatic rings. The highest BCUT2D eigenvalue weighted by Gasteiger charge is 2.48. The third-order valence-electron chi connectivity index (χ3n) is 3.24. The summed E-state index contributed by atoms with van der Waals surface area (Å²) in [5, 5.41) is 3.02. The number of nitrogens with zero attached hydrogens (tertiary/aromatic N) is 1. The number of carbonyl (C=O) groups is 3. The van der Waals surface area contributed by atoms with Gasteiger partial charge in [-0.15, -0.1) is 0 Å². The lowest BCUT2D eigenvalue weighted by Gasteiger charge is -2.17. The van der Waals surface area contributed by atoms with Crippen LogP contribution in [0.4, 0.5) is 0 Å². The lowest BCUT2D eigenvalue weighted by molar-refractivity contribution is -0.143. The van der Waals surface area contributed by atoms with Crippen molar-refractivity contribution in [1.29, 1.82) is 0 Å². The second-order valence-corrected chi connectivity index (χ2v) is 4.73. The molecule has 0 spiro atoms. The first-order valence-corrected chi connectivity index (χ1v) is 5.82. The SMILES string of the molecule is CNC(=O)CN1C(=O)C2CC=C(Cl)CC2C1=O. The maximum atomic E-state index is 12.0. The van der Waals surface area contributed by atoms with Gasteiger partial charge in [-0.2, -0.15) is 0 Å². The normalized spacial score (nSPS) is 27.9. The van der Waals surface area contributed by atoms with Crippen LogP contribution in [0.1, 0.15) is 12.8 Å². The summed E-state index contributed by atoms with van der Waals surface area (Å²) in [5.41, 5.74) is 0. The molecule has 2 rings (SSSR count). The quantitative estimate of drug-likeness (QED) is 0.721. The summed E-state index contributed by atoms with van der Waals surface area (Å²) in [6, 6.07) is 0. The number of hydrogen-bond acceptors (Lipinski definition) is 3. The zero-order valence-corrected chi connectivity index (χ0v) is 10.2. The molecule has 17 heavy (non-hydrogen) atoms. The Morgan fingerprint density at radius 2 is 2.12 bits per heavy atom. The molecule has 5 nitrogen and oxygen atoms in total. The molecule has 0 bridgehead atoms. The molecule has 1 heterocycles. The number of carbonyl (C=O) groups excluding carboxylic acids is 3. The Kier molecular flexibility index (Phi) is 3.19. The van der Waals surface area contributed by atoms with Crippen LogP contribution in [0, 0.1) is 11.8 Å². The van der Waals surface area contributed by atoms with Crippen molar-refractivity contribution in [3.05, 3.63) is 11.1 Å². The van der Waals surface area contributed by atoms with Crippen LogP contribution in [0.5, 0.6) is 0 Å². The van der Waals surface area contributed by atoms with Crippen LogP contribution in [0.3, 0.4) is 0 Å². The van der Waals surface area contributed by atoms with E-state index in [4.69, 9.17) is 11.6 Å². The molecule has 0 aromatic carbocycles. The molecule has 0 saturated carbocycles. The van der Waals surface area contributed by atoms with Crippen molar-refractivity contribution in [3.63, 3.8) is 0 Å². The fourth-order valence-corrected chi connectivity index (χ4v) is 2.53. The second-order valence-electron chi connectivity index (χ2n) is 4.24. The van der Waals surface area contributed by atoms with E-state index < -0.39 is 0 Å². The van der Waals surface area contributed by atoms with E-state index >= 15 is 0 Å². The Morgan fingerprint density at radius 1 is 1.47 bits per heavy atom. The summed E-state index contributed by atoms with van der Waals surface area (Å²) in [7, 11) is 1.47. The number of fused-ring (bicyclic) bond motifs is 1. The van der Waals surface area contributed by atoms with Gasteiger partial charge >= 0.3 is 0 Å². The number of allylic oxidation sites excluding steroid dienone is 2. The van der Waals surface area contributed by atoms with Crippen molar-refractivity contribution < 1.29 is 14.4 Å². The van der Waals surface area contributed by atoms with E-state index in [1.807, 2.05) is 0 Å². The minimum Gasteiger partial charge on any atom is -0.358 e. The number of likely N-dealkylation sites (tertiary alicyclic amines) is 1. The van der Waals surface area contributed by atoms with Gasteiger partial charge in [-0.25, -0.2) is 0 Å². The summed E-state index contributed by atoms with van der Waals surface area (Å²) in [6.45, 7) is -0.196. The van der Waals surface area contributed by atoms with Crippen LogP contribution < -0.4 is 5.32 Å². The van der Waals surface area contributed by atoms with Crippen LogP contribution in [0.15, 0.2) is 11.1 Å². The summed E-state index contributed by atoms with van der Waals surface area (Å²) in [6.07, 6.45) is 2.66. The van der Waals surface area contributed by atoms with Crippen molar-refractivity contribution in [3.8, 4) is 0 Å². The Morgan fingerprint density at radius 3 is 2.76 bits per heavy atom. The van der Waals surface area contributed by atoms with Gasteiger partial charge in [0.05, 0.1) is 11.8 Å². The van der Waals surface area contributed by atoms with Crippen molar-refractivity contribution in [2.75, 3.05) is 13.6 Å². The highest BCUT2D eigenvalue weighted by atomic mass is 35.5. The Bertz CT molecular complexity index is 419. The monoisotopic (exact) mass is 256 g/mol. The van der Waals surface area contributed by atoms with E-state index in [0.29, 0.717) is 17.9 Å². The summed E-state index contributed by atoms with van der Waals surface area (Å²) >= 11 is 5.88. The van der Waals surface area contributed by atoms with E-state index in [1.165, 1.54) is 7.05 Å². The lowest BCUT2D eigenvalue weighted by atomic mass is 9.85. The van der Waals surface area contributed by atoms with Crippen molar-refractivity contribution in [1.82, 2.24) is 10.2 Å². The fraction of sp³-hybridized carbons (Fsp3) is 0.545. The highest BCUT2D eigenvalue weighted by Crippen LogP contribution is 2.38. The van der Waals surface area contributed by atoms with Gasteiger partial charge in [0.2, 0.25) is 17.7 Å². The van der Waals surface area contributed by atoms with Gasteiger partial charge in [0.25, 0.3) is 0 Å². The van der Waals surface area contributed by atoms with Gasteiger partial charge in [-0.3, -0.25) is 19.3 Å². The molecule has 1 N–H and O–H groups in total. The predicted octanol–water partition coefficient (Wildman–Crippen LogP) is 0.250. The number of imide groups is 1. The molecule has 2 unspecified atom stereocenters. The zero-order valence-electron chi connectivity index (χ0n) is 9.40. The minimum atomic E-state index is -0.385. The van der Waals surface area contributed by atoms with Crippen LogP contribution in [-0.4, -0.2) is 36.2 Å². The molecule has 92 valence electrons. The molecule has 1 aliphatic heterocycles. The van der Waals surface area contributed by atoms with Crippen LogP contribution in [0.2, 0.25) is 0 Å². The van der Waals surface area contributed by atoms with E-state index in [9.17, 15) is 14.4 Å². The molecule has 0 aromatic heterocycles. The largest absolute Gasteiger partial charge is 0.358 e.